The van der Waals surface area contributed by atoms with Crippen LogP contribution in [0.1, 0.15) is 22.4 Å². The Labute approximate surface area is 194 Å². The standard InChI is InChI=1S/C10H8O2.3C6H7N/c1-7-6-8-4-2-3-5-9(8)12-10(7)11;1-6-2-4-7-5-3-6;1-6-3-2-4-7-5-6;1-6-4-2-3-5-7-6/h2-6H,1H3;3*2-5H,1H3. The van der Waals surface area contributed by atoms with E-state index in [1.807, 2.05) is 93.7 Å². The second-order valence-electron chi connectivity index (χ2n) is 7.28. The number of nitrogens with zero attached hydrogens (tertiary/aromatic N) is 3. The van der Waals surface area contributed by atoms with Gasteiger partial charge in [0.25, 0.3) is 0 Å². The summed E-state index contributed by atoms with van der Waals surface area (Å²) < 4.78 is 5.04. The van der Waals surface area contributed by atoms with Crippen LogP contribution in [0.25, 0.3) is 11.0 Å². The molecule has 5 heteroatoms. The minimum Gasteiger partial charge on any atom is -0.423 e. The summed E-state index contributed by atoms with van der Waals surface area (Å²) in [6.07, 6.45) is 8.97. The summed E-state index contributed by atoms with van der Waals surface area (Å²) in [5.41, 5.74) is 4.58. The van der Waals surface area contributed by atoms with E-state index in [-0.39, 0.29) is 5.63 Å². The van der Waals surface area contributed by atoms with Gasteiger partial charge in [0.2, 0.25) is 0 Å². The molecule has 0 atom stereocenters. The van der Waals surface area contributed by atoms with Gasteiger partial charge in [-0.25, -0.2) is 4.79 Å². The van der Waals surface area contributed by atoms with Crippen LogP contribution in [-0.4, -0.2) is 15.0 Å². The van der Waals surface area contributed by atoms with E-state index in [0.717, 1.165) is 11.1 Å². The molecule has 0 aliphatic rings. The summed E-state index contributed by atoms with van der Waals surface area (Å²) in [4.78, 5) is 22.8. The van der Waals surface area contributed by atoms with Gasteiger partial charge in [0, 0.05) is 47.6 Å². The molecule has 0 saturated carbocycles. The summed E-state index contributed by atoms with van der Waals surface area (Å²) >= 11 is 0. The first-order chi connectivity index (χ1) is 16.0. The average molecular weight is 440 g/mol. The van der Waals surface area contributed by atoms with E-state index in [2.05, 4.69) is 15.0 Å². The Morgan fingerprint density at radius 1 is 0.667 bits per heavy atom. The molecular formula is C28H29N3O2. The highest BCUT2D eigenvalue weighted by Crippen LogP contribution is 2.11. The van der Waals surface area contributed by atoms with Gasteiger partial charge >= 0.3 is 5.63 Å². The van der Waals surface area contributed by atoms with Crippen molar-refractivity contribution in [3.8, 4) is 0 Å². The Balaban J connectivity index is 0.000000162. The molecule has 4 heterocycles. The van der Waals surface area contributed by atoms with Gasteiger partial charge in [-0.1, -0.05) is 30.3 Å². The summed E-state index contributed by atoms with van der Waals surface area (Å²) in [6, 6.07) is 23.1. The van der Waals surface area contributed by atoms with E-state index in [9.17, 15) is 4.79 Å². The number of aryl methyl sites for hydroxylation is 4. The Hall–Kier alpha value is -4.12. The van der Waals surface area contributed by atoms with Gasteiger partial charge in [-0.15, -0.1) is 0 Å². The number of benzene rings is 1. The monoisotopic (exact) mass is 439 g/mol. The molecule has 0 spiro atoms. The van der Waals surface area contributed by atoms with Gasteiger partial charge in [0.1, 0.15) is 5.58 Å². The molecule has 0 aliphatic heterocycles. The van der Waals surface area contributed by atoms with Crippen molar-refractivity contribution in [2.24, 2.45) is 0 Å². The zero-order chi connectivity index (χ0) is 23.9. The molecule has 0 bridgehead atoms. The first kappa shape index (κ1) is 25.1. The van der Waals surface area contributed by atoms with Crippen molar-refractivity contribution < 1.29 is 4.42 Å². The molecule has 0 unspecified atom stereocenters. The van der Waals surface area contributed by atoms with E-state index >= 15 is 0 Å². The number of hydrogen-bond donors (Lipinski definition) is 0. The Morgan fingerprint density at radius 3 is 1.88 bits per heavy atom. The van der Waals surface area contributed by atoms with E-state index in [0.29, 0.717) is 11.1 Å². The molecule has 33 heavy (non-hydrogen) atoms. The molecule has 0 fully saturated rings. The highest BCUT2D eigenvalue weighted by molar-refractivity contribution is 5.76. The quantitative estimate of drug-likeness (QED) is 0.266. The van der Waals surface area contributed by atoms with Crippen LogP contribution in [0.4, 0.5) is 0 Å². The van der Waals surface area contributed by atoms with Crippen molar-refractivity contribution in [1.29, 1.82) is 0 Å². The van der Waals surface area contributed by atoms with Crippen LogP contribution in [0.2, 0.25) is 0 Å². The third-order valence-corrected chi connectivity index (χ3v) is 4.28. The lowest BCUT2D eigenvalue weighted by molar-refractivity contribution is 0.555. The molecule has 0 radical (unpaired) electrons. The maximum Gasteiger partial charge on any atom is 0.339 e. The van der Waals surface area contributed by atoms with Crippen LogP contribution in [0.15, 0.2) is 113 Å². The first-order valence-corrected chi connectivity index (χ1v) is 10.6. The van der Waals surface area contributed by atoms with E-state index in [1.54, 1.807) is 37.8 Å². The number of hydrogen-bond acceptors (Lipinski definition) is 5. The molecule has 0 saturated heterocycles. The topological polar surface area (TPSA) is 68.9 Å². The van der Waals surface area contributed by atoms with Crippen molar-refractivity contribution in [1.82, 2.24) is 15.0 Å². The predicted octanol–water partition coefficient (Wildman–Crippen LogP) is 6.27. The predicted molar refractivity (Wildman–Crippen MR) is 134 cm³/mol. The number of pyridine rings is 3. The molecule has 168 valence electrons. The minimum atomic E-state index is -0.256. The summed E-state index contributed by atoms with van der Waals surface area (Å²) in [7, 11) is 0. The van der Waals surface area contributed by atoms with E-state index < -0.39 is 0 Å². The zero-order valence-corrected chi connectivity index (χ0v) is 19.5. The number of para-hydroxylation sites is 1. The molecular weight excluding hydrogens is 410 g/mol. The highest BCUT2D eigenvalue weighted by atomic mass is 16.4. The molecule has 0 aliphatic carbocycles. The van der Waals surface area contributed by atoms with E-state index in [1.165, 1.54) is 11.1 Å². The van der Waals surface area contributed by atoms with Crippen LogP contribution < -0.4 is 5.63 Å². The maximum absolute atomic E-state index is 11.1. The van der Waals surface area contributed by atoms with Gasteiger partial charge in [0.05, 0.1) is 0 Å². The maximum atomic E-state index is 11.1. The SMILES string of the molecule is Cc1cc2ccccc2oc1=O.Cc1ccccn1.Cc1cccnc1.Cc1ccncc1. The van der Waals surface area contributed by atoms with Crippen LogP contribution in [-0.2, 0) is 0 Å². The number of aromatic nitrogens is 3. The lowest BCUT2D eigenvalue weighted by atomic mass is 10.2. The molecule has 0 amide bonds. The number of fused-ring (bicyclic) bond motifs is 1. The summed E-state index contributed by atoms with van der Waals surface area (Å²) in [5, 5.41) is 0.967. The van der Waals surface area contributed by atoms with Crippen molar-refractivity contribution in [2.45, 2.75) is 27.7 Å². The number of rotatable bonds is 0. The smallest absolute Gasteiger partial charge is 0.339 e. The normalized spacial score (nSPS) is 9.33. The van der Waals surface area contributed by atoms with Crippen molar-refractivity contribution in [2.75, 3.05) is 0 Å². The largest absolute Gasteiger partial charge is 0.423 e. The first-order valence-electron chi connectivity index (χ1n) is 10.6. The molecule has 4 aromatic heterocycles. The fourth-order valence-electron chi connectivity index (χ4n) is 2.49. The van der Waals surface area contributed by atoms with Gasteiger partial charge in [0.15, 0.2) is 0 Å². The second kappa shape index (κ2) is 14.0. The van der Waals surface area contributed by atoms with Crippen LogP contribution in [0, 0.1) is 27.7 Å². The second-order valence-corrected chi connectivity index (χ2v) is 7.28. The Bertz CT molecular complexity index is 1170. The molecule has 1 aromatic carbocycles. The third kappa shape index (κ3) is 10.2. The van der Waals surface area contributed by atoms with Crippen LogP contribution in [0.5, 0.6) is 0 Å². The highest BCUT2D eigenvalue weighted by Gasteiger charge is 1.98. The minimum absolute atomic E-state index is 0.256. The van der Waals surface area contributed by atoms with Gasteiger partial charge in [-0.2, -0.15) is 0 Å². The fourth-order valence-corrected chi connectivity index (χ4v) is 2.49. The van der Waals surface area contributed by atoms with Crippen molar-refractivity contribution in [3.63, 3.8) is 0 Å². The molecule has 5 nitrogen and oxygen atoms in total. The Kier molecular flexibility index (Phi) is 10.7. The van der Waals surface area contributed by atoms with Gasteiger partial charge in [-0.3, -0.25) is 15.0 Å². The van der Waals surface area contributed by atoms with E-state index in [4.69, 9.17) is 4.42 Å². The van der Waals surface area contributed by atoms with Gasteiger partial charge < -0.3 is 4.42 Å². The third-order valence-electron chi connectivity index (χ3n) is 4.28. The fraction of sp³-hybridized carbons (Fsp3) is 0.143. The summed E-state index contributed by atoms with van der Waals surface area (Å²) in [5.74, 6) is 0. The zero-order valence-electron chi connectivity index (χ0n) is 19.5. The summed E-state index contributed by atoms with van der Waals surface area (Å²) in [6.45, 7) is 7.78. The average Bonchev–Trinajstić information content (AvgIpc) is 2.83. The Morgan fingerprint density at radius 2 is 1.39 bits per heavy atom. The van der Waals surface area contributed by atoms with Crippen LogP contribution in [0.3, 0.4) is 0 Å². The lowest BCUT2D eigenvalue weighted by Crippen LogP contribution is -2.01. The molecule has 5 rings (SSSR count). The van der Waals surface area contributed by atoms with Crippen LogP contribution >= 0.6 is 0 Å². The van der Waals surface area contributed by atoms with Gasteiger partial charge in [-0.05, 0) is 81.3 Å². The molecule has 5 aromatic rings. The van der Waals surface area contributed by atoms with Crippen molar-refractivity contribution in [3.05, 3.63) is 137 Å². The van der Waals surface area contributed by atoms with Crippen molar-refractivity contribution >= 4 is 11.0 Å². The molecule has 0 N–H and O–H groups in total. The lowest BCUT2D eigenvalue weighted by Gasteiger charge is -1.95.